The van der Waals surface area contributed by atoms with Gasteiger partial charge in [-0.05, 0) is 150 Å². The van der Waals surface area contributed by atoms with Crippen LogP contribution in [0, 0.1) is 0 Å². The zero-order valence-electron chi connectivity index (χ0n) is 40.5. The molecule has 0 aliphatic heterocycles. The average Bonchev–Trinajstić information content (AvgIpc) is 4.20. The summed E-state index contributed by atoms with van der Waals surface area (Å²) in [7, 11) is 0. The predicted octanol–water partition coefficient (Wildman–Crippen LogP) is 18.7. The third kappa shape index (κ3) is 5.71. The third-order valence-corrected chi connectivity index (χ3v) is 16.6. The van der Waals surface area contributed by atoms with Crippen molar-refractivity contribution in [3.05, 3.63) is 300 Å². The SMILES string of the molecule is c1cc(-c2ccc(N(c3ccccc3-c3ccc4c(c3)-c3ccc5ccccc5c3C4)c3cccc4c3-c3ccccc3C43c4ccccc4-c4ccccc43)cc2)cc(-n2c3ccccc3c3ccccc32)c1. The van der Waals surface area contributed by atoms with Gasteiger partial charge in [0.05, 0.1) is 27.8 Å². The molecule has 3 aliphatic rings. The highest BCUT2D eigenvalue weighted by molar-refractivity contribution is 6.09. The van der Waals surface area contributed by atoms with Crippen LogP contribution in [0.15, 0.2) is 267 Å². The summed E-state index contributed by atoms with van der Waals surface area (Å²) in [5, 5.41) is 5.17. The number of benzene rings is 12. The standard InChI is InChI=1S/C72H46N2/c1-2-20-53-47(17-1)39-42-55-61-44-49(35-36-50(61)45-62(53)55)54-21-6-12-31-67(54)73(51-40-37-46(38-41-51)48-18-15-19-52(43-48)74-68-32-13-7-24-58(68)59-25-8-14-33-69(59)74)70-34-16-30-66-71(70)60-26-5-11-29-65(60)72(66)63-27-9-3-22-56(63)57-23-4-10-28-64(57)72/h1-44H,45H2. The molecule has 2 heteroatoms. The number of hydrogen-bond acceptors (Lipinski definition) is 1. The molecule has 16 rings (SSSR count). The molecule has 0 radical (unpaired) electrons. The Labute approximate surface area is 430 Å². The highest BCUT2D eigenvalue weighted by Gasteiger charge is 2.52. The molecule has 0 saturated carbocycles. The summed E-state index contributed by atoms with van der Waals surface area (Å²) in [6, 6.07) is 99.9. The summed E-state index contributed by atoms with van der Waals surface area (Å²) in [6.07, 6.45) is 0.942. The molecule has 0 saturated heterocycles. The Morgan fingerprint density at radius 3 is 1.65 bits per heavy atom. The molecule has 0 fully saturated rings. The van der Waals surface area contributed by atoms with E-state index >= 15 is 0 Å². The van der Waals surface area contributed by atoms with E-state index in [0.717, 1.165) is 34.7 Å². The molecule has 0 unspecified atom stereocenters. The molecule has 0 N–H and O–H groups in total. The largest absolute Gasteiger partial charge is 0.309 e. The van der Waals surface area contributed by atoms with Crippen molar-refractivity contribution in [2.45, 2.75) is 11.8 Å². The number of hydrogen-bond donors (Lipinski definition) is 0. The van der Waals surface area contributed by atoms with E-state index in [1.165, 1.54) is 116 Å². The summed E-state index contributed by atoms with van der Waals surface area (Å²) in [5.41, 5.74) is 27.1. The fourth-order valence-electron chi connectivity index (χ4n) is 13.6. The van der Waals surface area contributed by atoms with E-state index in [0.29, 0.717) is 0 Å². The van der Waals surface area contributed by atoms with Crippen LogP contribution in [0.2, 0.25) is 0 Å². The minimum atomic E-state index is -0.469. The number of fused-ring (bicyclic) bond motifs is 18. The van der Waals surface area contributed by atoms with Crippen LogP contribution in [0.3, 0.4) is 0 Å². The Bertz CT molecular complexity index is 4380. The smallest absolute Gasteiger partial charge is 0.0726 e. The molecule has 3 aliphatic carbocycles. The van der Waals surface area contributed by atoms with Crippen molar-refractivity contribution >= 4 is 49.6 Å². The maximum Gasteiger partial charge on any atom is 0.0726 e. The second-order valence-electron chi connectivity index (χ2n) is 20.3. The van der Waals surface area contributed by atoms with Crippen molar-refractivity contribution < 1.29 is 0 Å². The van der Waals surface area contributed by atoms with Crippen molar-refractivity contribution in [2.24, 2.45) is 0 Å². The normalized spacial score (nSPS) is 13.2. The lowest BCUT2D eigenvalue weighted by Gasteiger charge is -2.32. The van der Waals surface area contributed by atoms with Crippen molar-refractivity contribution in [1.82, 2.24) is 4.57 Å². The quantitative estimate of drug-likeness (QED) is 0.161. The van der Waals surface area contributed by atoms with Crippen LogP contribution in [0.5, 0.6) is 0 Å². The first kappa shape index (κ1) is 41.2. The Morgan fingerprint density at radius 2 is 0.905 bits per heavy atom. The average molecular weight is 939 g/mol. The van der Waals surface area contributed by atoms with Gasteiger partial charge >= 0.3 is 0 Å². The highest BCUT2D eigenvalue weighted by atomic mass is 15.1. The van der Waals surface area contributed by atoms with Crippen LogP contribution >= 0.6 is 0 Å². The molecule has 2 nitrogen and oxygen atoms in total. The van der Waals surface area contributed by atoms with Gasteiger partial charge in [-0.2, -0.15) is 0 Å². The molecule has 0 atom stereocenters. The van der Waals surface area contributed by atoms with Crippen molar-refractivity contribution in [2.75, 3.05) is 4.90 Å². The molecule has 13 aromatic rings. The van der Waals surface area contributed by atoms with Gasteiger partial charge < -0.3 is 9.47 Å². The zero-order chi connectivity index (χ0) is 48.5. The molecular formula is C72H46N2. The first-order valence-corrected chi connectivity index (χ1v) is 25.9. The van der Waals surface area contributed by atoms with Gasteiger partial charge in [-0.3, -0.25) is 0 Å². The fourth-order valence-corrected chi connectivity index (χ4v) is 13.6. The number of nitrogens with zero attached hydrogens (tertiary/aromatic N) is 2. The van der Waals surface area contributed by atoms with E-state index in [9.17, 15) is 0 Å². The number of rotatable bonds is 6. The predicted molar refractivity (Wildman–Crippen MR) is 308 cm³/mol. The minimum absolute atomic E-state index is 0.469. The van der Waals surface area contributed by atoms with Crippen molar-refractivity contribution in [1.29, 1.82) is 0 Å². The molecule has 0 bridgehead atoms. The van der Waals surface area contributed by atoms with Gasteiger partial charge in [-0.1, -0.05) is 212 Å². The second-order valence-corrected chi connectivity index (χ2v) is 20.3. The van der Waals surface area contributed by atoms with Crippen LogP contribution in [0.4, 0.5) is 17.1 Å². The first-order valence-electron chi connectivity index (χ1n) is 25.9. The van der Waals surface area contributed by atoms with Crippen LogP contribution in [-0.4, -0.2) is 4.57 Å². The molecule has 1 spiro atoms. The molecule has 12 aromatic carbocycles. The van der Waals surface area contributed by atoms with Crippen LogP contribution in [0.25, 0.3) is 93.9 Å². The Balaban J connectivity index is 0.896. The molecule has 0 amide bonds. The summed E-state index contributed by atoms with van der Waals surface area (Å²) < 4.78 is 2.41. The monoisotopic (exact) mass is 938 g/mol. The van der Waals surface area contributed by atoms with Gasteiger partial charge in [-0.15, -0.1) is 0 Å². The van der Waals surface area contributed by atoms with E-state index < -0.39 is 5.41 Å². The molecule has 1 heterocycles. The Hall–Kier alpha value is -9.50. The molecule has 1 aromatic heterocycles. The van der Waals surface area contributed by atoms with Crippen LogP contribution < -0.4 is 4.90 Å². The van der Waals surface area contributed by atoms with Crippen molar-refractivity contribution in [3.63, 3.8) is 0 Å². The van der Waals surface area contributed by atoms with E-state index in [4.69, 9.17) is 0 Å². The zero-order valence-corrected chi connectivity index (χ0v) is 40.5. The summed E-state index contributed by atoms with van der Waals surface area (Å²) >= 11 is 0. The van der Waals surface area contributed by atoms with Crippen LogP contribution in [0.1, 0.15) is 33.4 Å². The molecular weight excluding hydrogens is 893 g/mol. The van der Waals surface area contributed by atoms with E-state index in [1.54, 1.807) is 0 Å². The lowest BCUT2D eigenvalue weighted by molar-refractivity contribution is 0.794. The number of para-hydroxylation sites is 3. The van der Waals surface area contributed by atoms with Gasteiger partial charge in [0.15, 0.2) is 0 Å². The first-order chi connectivity index (χ1) is 36.7. The maximum atomic E-state index is 2.55. The van der Waals surface area contributed by atoms with E-state index in [1.807, 2.05) is 0 Å². The topological polar surface area (TPSA) is 8.17 Å². The number of anilines is 3. The van der Waals surface area contributed by atoms with E-state index in [2.05, 4.69) is 276 Å². The lowest BCUT2D eigenvalue weighted by atomic mass is 9.70. The molecule has 344 valence electrons. The van der Waals surface area contributed by atoms with Gasteiger partial charge in [0.25, 0.3) is 0 Å². The van der Waals surface area contributed by atoms with Gasteiger partial charge in [-0.25, -0.2) is 0 Å². The Morgan fingerprint density at radius 1 is 0.338 bits per heavy atom. The summed E-state index contributed by atoms with van der Waals surface area (Å²) in [5.74, 6) is 0. The summed E-state index contributed by atoms with van der Waals surface area (Å²) in [4.78, 5) is 2.55. The van der Waals surface area contributed by atoms with Gasteiger partial charge in [0.2, 0.25) is 0 Å². The van der Waals surface area contributed by atoms with Crippen LogP contribution in [-0.2, 0) is 11.8 Å². The fraction of sp³-hybridized carbons (Fsp3) is 0.0278. The minimum Gasteiger partial charge on any atom is -0.309 e. The summed E-state index contributed by atoms with van der Waals surface area (Å²) in [6.45, 7) is 0. The second kappa shape index (κ2) is 15.7. The lowest BCUT2D eigenvalue weighted by Crippen LogP contribution is -2.26. The maximum absolute atomic E-state index is 2.55. The van der Waals surface area contributed by atoms with E-state index in [-0.39, 0.29) is 0 Å². The third-order valence-electron chi connectivity index (χ3n) is 16.6. The highest BCUT2D eigenvalue weighted by Crippen LogP contribution is 2.65. The molecule has 74 heavy (non-hydrogen) atoms. The van der Waals surface area contributed by atoms with Gasteiger partial charge in [0, 0.05) is 33.3 Å². The Kier molecular flexibility index (Phi) is 8.76. The van der Waals surface area contributed by atoms with Gasteiger partial charge in [0.1, 0.15) is 0 Å². The number of aromatic nitrogens is 1. The van der Waals surface area contributed by atoms with Crippen molar-refractivity contribution in [3.8, 4) is 61.3 Å².